The maximum Gasteiger partial charge on any atom is 0.270 e. The molecule has 2 heterocycles. The highest BCUT2D eigenvalue weighted by atomic mass is 16.2. The van der Waals surface area contributed by atoms with Crippen molar-refractivity contribution >= 4 is 11.8 Å². The van der Waals surface area contributed by atoms with E-state index in [0.29, 0.717) is 17.9 Å². The van der Waals surface area contributed by atoms with Crippen molar-refractivity contribution in [1.29, 1.82) is 0 Å². The second-order valence-corrected chi connectivity index (χ2v) is 5.88. The topological polar surface area (TPSA) is 84.0 Å². The molecule has 6 heteroatoms. The van der Waals surface area contributed by atoms with E-state index in [4.69, 9.17) is 0 Å². The van der Waals surface area contributed by atoms with Crippen LogP contribution in [0.4, 0.5) is 0 Å². The number of pyridine rings is 2. The maximum absolute atomic E-state index is 12.4. The summed E-state index contributed by atoms with van der Waals surface area (Å²) in [5.74, 6) is -0.511. The van der Waals surface area contributed by atoms with Crippen LogP contribution in [0, 0.1) is 0 Å². The molecule has 0 saturated heterocycles. The largest absolute Gasteiger partial charge is 0.348 e. The van der Waals surface area contributed by atoms with E-state index in [1.807, 2.05) is 13.8 Å². The average Bonchev–Trinajstić information content (AvgIpc) is 2.61. The summed E-state index contributed by atoms with van der Waals surface area (Å²) in [5, 5.41) is 5.83. The lowest BCUT2D eigenvalue weighted by molar-refractivity contribution is 0.0863. The molecule has 0 radical (unpaired) electrons. The number of nitrogens with zero attached hydrogens (tertiary/aromatic N) is 2. The van der Waals surface area contributed by atoms with Crippen LogP contribution in [0.3, 0.4) is 0 Å². The minimum atomic E-state index is -0.562. The minimum absolute atomic E-state index is 0.251. The standard InChI is InChI=1S/C18H22N4O2/c1-3-10-18(2,22-17(24)15-9-5-7-12-20-15)13-21-16(23)14-8-4-6-11-19-14/h4-9,11-12H,3,10,13H2,1-2H3,(H,21,23)(H,22,24)/t18-/m1/s1. The van der Waals surface area contributed by atoms with Gasteiger partial charge in [0.05, 0.1) is 5.54 Å². The highest BCUT2D eigenvalue weighted by Crippen LogP contribution is 2.13. The van der Waals surface area contributed by atoms with E-state index >= 15 is 0 Å². The van der Waals surface area contributed by atoms with Gasteiger partial charge >= 0.3 is 0 Å². The number of carbonyl (C=O) groups is 2. The van der Waals surface area contributed by atoms with E-state index in [1.165, 1.54) is 0 Å². The molecule has 2 amide bonds. The fraction of sp³-hybridized carbons (Fsp3) is 0.333. The molecule has 0 bridgehead atoms. The van der Waals surface area contributed by atoms with E-state index in [1.54, 1.807) is 48.8 Å². The highest BCUT2D eigenvalue weighted by molar-refractivity contribution is 5.93. The monoisotopic (exact) mass is 326 g/mol. The summed E-state index contributed by atoms with van der Waals surface area (Å²) < 4.78 is 0. The van der Waals surface area contributed by atoms with Crippen LogP contribution in [0.5, 0.6) is 0 Å². The third-order valence-corrected chi connectivity index (χ3v) is 3.65. The molecule has 126 valence electrons. The molecule has 0 aliphatic heterocycles. The predicted molar refractivity (Wildman–Crippen MR) is 91.6 cm³/mol. The Kier molecular flexibility index (Phi) is 6.01. The average molecular weight is 326 g/mol. The van der Waals surface area contributed by atoms with Gasteiger partial charge in [0.2, 0.25) is 0 Å². The Labute approximate surface area is 141 Å². The second kappa shape index (κ2) is 8.19. The smallest absolute Gasteiger partial charge is 0.270 e. The number of rotatable bonds is 7. The van der Waals surface area contributed by atoms with Crippen molar-refractivity contribution < 1.29 is 9.59 Å². The van der Waals surface area contributed by atoms with Crippen LogP contribution in [0.2, 0.25) is 0 Å². The van der Waals surface area contributed by atoms with Gasteiger partial charge in [-0.05, 0) is 37.6 Å². The summed E-state index contributed by atoms with van der Waals surface area (Å²) in [6, 6.07) is 10.4. The summed E-state index contributed by atoms with van der Waals surface area (Å²) in [6.07, 6.45) is 4.75. The van der Waals surface area contributed by atoms with Gasteiger partial charge in [-0.3, -0.25) is 19.6 Å². The van der Waals surface area contributed by atoms with E-state index < -0.39 is 5.54 Å². The van der Waals surface area contributed by atoms with Crippen LogP contribution < -0.4 is 10.6 Å². The zero-order valence-corrected chi connectivity index (χ0v) is 14.0. The van der Waals surface area contributed by atoms with Crippen LogP contribution in [0.25, 0.3) is 0 Å². The van der Waals surface area contributed by atoms with Crippen molar-refractivity contribution in [2.24, 2.45) is 0 Å². The molecule has 2 aromatic heterocycles. The van der Waals surface area contributed by atoms with Gasteiger partial charge in [0.15, 0.2) is 0 Å². The van der Waals surface area contributed by atoms with Crippen molar-refractivity contribution in [1.82, 2.24) is 20.6 Å². The summed E-state index contributed by atoms with van der Waals surface area (Å²) in [5.41, 5.74) is 0.150. The number of aromatic nitrogens is 2. The minimum Gasteiger partial charge on any atom is -0.348 e. The van der Waals surface area contributed by atoms with Gasteiger partial charge < -0.3 is 10.6 Å². The molecule has 1 atom stereocenters. The van der Waals surface area contributed by atoms with Crippen molar-refractivity contribution in [3.63, 3.8) is 0 Å². The van der Waals surface area contributed by atoms with Crippen molar-refractivity contribution in [3.8, 4) is 0 Å². The second-order valence-electron chi connectivity index (χ2n) is 5.88. The molecule has 2 N–H and O–H groups in total. The maximum atomic E-state index is 12.4. The SMILES string of the molecule is CCC[C@](C)(CNC(=O)c1ccccn1)NC(=O)c1ccccn1. The molecular weight excluding hydrogens is 304 g/mol. The van der Waals surface area contributed by atoms with Crippen LogP contribution in [0.15, 0.2) is 48.8 Å². The molecule has 6 nitrogen and oxygen atoms in total. The van der Waals surface area contributed by atoms with Crippen LogP contribution in [0.1, 0.15) is 47.7 Å². The Morgan fingerprint density at radius 1 is 1.00 bits per heavy atom. The quantitative estimate of drug-likeness (QED) is 0.817. The zero-order valence-electron chi connectivity index (χ0n) is 14.0. The Hall–Kier alpha value is -2.76. The van der Waals surface area contributed by atoms with Crippen molar-refractivity contribution in [2.45, 2.75) is 32.2 Å². The summed E-state index contributed by atoms with van der Waals surface area (Å²) >= 11 is 0. The van der Waals surface area contributed by atoms with E-state index in [2.05, 4.69) is 20.6 Å². The van der Waals surface area contributed by atoms with E-state index in [0.717, 1.165) is 12.8 Å². The highest BCUT2D eigenvalue weighted by Gasteiger charge is 2.27. The van der Waals surface area contributed by atoms with E-state index in [-0.39, 0.29) is 11.8 Å². The molecular formula is C18H22N4O2. The molecule has 0 aromatic carbocycles. The lowest BCUT2D eigenvalue weighted by Crippen LogP contribution is -2.53. The molecule has 0 spiro atoms. The van der Waals surface area contributed by atoms with Crippen LogP contribution in [-0.4, -0.2) is 33.9 Å². The van der Waals surface area contributed by atoms with Crippen LogP contribution in [-0.2, 0) is 0 Å². The Morgan fingerprint density at radius 3 is 2.08 bits per heavy atom. The summed E-state index contributed by atoms with van der Waals surface area (Å²) in [4.78, 5) is 32.6. The van der Waals surface area contributed by atoms with Crippen molar-refractivity contribution in [3.05, 3.63) is 60.2 Å². The molecule has 2 rings (SSSR count). The number of carbonyl (C=O) groups excluding carboxylic acids is 2. The number of hydrogen-bond acceptors (Lipinski definition) is 4. The van der Waals surface area contributed by atoms with Crippen LogP contribution >= 0.6 is 0 Å². The third-order valence-electron chi connectivity index (χ3n) is 3.65. The molecule has 0 aliphatic carbocycles. The first kappa shape index (κ1) is 17.6. The van der Waals surface area contributed by atoms with Gasteiger partial charge in [-0.1, -0.05) is 25.5 Å². The molecule has 0 unspecified atom stereocenters. The zero-order chi connectivity index (χ0) is 17.4. The fourth-order valence-electron chi connectivity index (χ4n) is 2.45. The number of amides is 2. The Bertz CT molecular complexity index is 676. The molecule has 0 fully saturated rings. The summed E-state index contributed by atoms with van der Waals surface area (Å²) in [7, 11) is 0. The molecule has 2 aromatic rings. The number of hydrogen-bond donors (Lipinski definition) is 2. The predicted octanol–water partition coefficient (Wildman–Crippen LogP) is 2.20. The van der Waals surface area contributed by atoms with Gasteiger partial charge in [-0.15, -0.1) is 0 Å². The van der Waals surface area contributed by atoms with Gasteiger partial charge in [-0.25, -0.2) is 0 Å². The molecule has 0 aliphatic rings. The first-order valence-electron chi connectivity index (χ1n) is 7.97. The first-order chi connectivity index (χ1) is 11.5. The van der Waals surface area contributed by atoms with Gasteiger partial charge in [0.25, 0.3) is 11.8 Å². The first-order valence-corrected chi connectivity index (χ1v) is 7.97. The van der Waals surface area contributed by atoms with E-state index in [9.17, 15) is 9.59 Å². The van der Waals surface area contributed by atoms with Gasteiger partial charge in [0, 0.05) is 18.9 Å². The lowest BCUT2D eigenvalue weighted by Gasteiger charge is -2.30. The number of nitrogens with one attached hydrogen (secondary N) is 2. The Morgan fingerprint density at radius 2 is 1.58 bits per heavy atom. The van der Waals surface area contributed by atoms with Gasteiger partial charge in [-0.2, -0.15) is 0 Å². The summed E-state index contributed by atoms with van der Waals surface area (Å²) in [6.45, 7) is 4.26. The normalized spacial score (nSPS) is 12.9. The molecule has 0 saturated carbocycles. The third kappa shape index (κ3) is 4.87. The van der Waals surface area contributed by atoms with Crippen molar-refractivity contribution in [2.75, 3.05) is 6.54 Å². The Balaban J connectivity index is 2.01. The fourth-order valence-corrected chi connectivity index (χ4v) is 2.45. The molecule has 24 heavy (non-hydrogen) atoms. The van der Waals surface area contributed by atoms with Gasteiger partial charge in [0.1, 0.15) is 11.4 Å². The lowest BCUT2D eigenvalue weighted by atomic mass is 9.95.